The van der Waals surface area contributed by atoms with Crippen molar-refractivity contribution in [1.29, 1.82) is 0 Å². The number of rotatable bonds is 6. The first-order valence-electron chi connectivity index (χ1n) is 10.2. The maximum atomic E-state index is 6.14. The summed E-state index contributed by atoms with van der Waals surface area (Å²) < 4.78 is 8.20. The molecular formula is C22H33N5O. The maximum Gasteiger partial charge on any atom is 0.191 e. The maximum absolute atomic E-state index is 6.14. The van der Waals surface area contributed by atoms with E-state index in [0.717, 1.165) is 49.9 Å². The van der Waals surface area contributed by atoms with Gasteiger partial charge in [-0.2, -0.15) is 5.10 Å². The highest BCUT2D eigenvalue weighted by atomic mass is 16.5. The van der Waals surface area contributed by atoms with Crippen molar-refractivity contribution in [3.8, 4) is 5.75 Å². The molecule has 0 spiro atoms. The lowest BCUT2D eigenvalue weighted by Crippen LogP contribution is -2.45. The molecule has 28 heavy (non-hydrogen) atoms. The van der Waals surface area contributed by atoms with Crippen LogP contribution in [0.2, 0.25) is 0 Å². The number of hydrogen-bond donors (Lipinski definition) is 2. The average molecular weight is 384 g/mol. The number of aromatic nitrogens is 2. The molecule has 2 N–H and O–H groups in total. The summed E-state index contributed by atoms with van der Waals surface area (Å²) in [5.74, 6) is 1.81. The lowest BCUT2D eigenvalue weighted by atomic mass is 9.90. The molecular weight excluding hydrogens is 350 g/mol. The van der Waals surface area contributed by atoms with Crippen molar-refractivity contribution in [2.75, 3.05) is 13.1 Å². The number of nitrogens with one attached hydrogen (secondary N) is 2. The zero-order valence-electron chi connectivity index (χ0n) is 17.7. The summed E-state index contributed by atoms with van der Waals surface area (Å²) in [4.78, 5) is 4.79. The molecule has 0 radical (unpaired) electrons. The standard InChI is InChI=1S/C22H33N5O/c1-6-23-21(24-12-9-13-27-17(3)14-16(2)26-27)25-19-15-22(4,5)28-20-11-8-7-10-18(19)20/h7-8,10-11,14,19H,6,9,12-13,15H2,1-5H3,(H2,23,24,25). The molecule has 0 saturated carbocycles. The van der Waals surface area contributed by atoms with Gasteiger partial charge in [0.15, 0.2) is 5.96 Å². The molecule has 6 nitrogen and oxygen atoms in total. The Morgan fingerprint density at radius 1 is 1.32 bits per heavy atom. The van der Waals surface area contributed by atoms with E-state index in [0.29, 0.717) is 0 Å². The molecule has 0 bridgehead atoms. The van der Waals surface area contributed by atoms with Gasteiger partial charge in [-0.15, -0.1) is 0 Å². The van der Waals surface area contributed by atoms with Gasteiger partial charge in [-0.3, -0.25) is 9.67 Å². The van der Waals surface area contributed by atoms with Crippen molar-refractivity contribution in [3.63, 3.8) is 0 Å². The largest absolute Gasteiger partial charge is 0.487 e. The molecule has 0 saturated heterocycles. The Morgan fingerprint density at radius 2 is 2.11 bits per heavy atom. The van der Waals surface area contributed by atoms with Gasteiger partial charge < -0.3 is 15.4 Å². The second kappa shape index (κ2) is 8.67. The zero-order chi connectivity index (χ0) is 20.1. The number of benzene rings is 1. The Bertz CT molecular complexity index is 824. The molecule has 2 aromatic rings. The molecule has 1 aromatic heterocycles. The minimum absolute atomic E-state index is 0.175. The second-order valence-corrected chi connectivity index (χ2v) is 8.07. The van der Waals surface area contributed by atoms with Crippen LogP contribution in [-0.4, -0.2) is 34.4 Å². The van der Waals surface area contributed by atoms with Crippen LogP contribution in [0.5, 0.6) is 5.75 Å². The highest BCUT2D eigenvalue weighted by Gasteiger charge is 2.33. The molecule has 1 aromatic carbocycles. The molecule has 6 heteroatoms. The van der Waals surface area contributed by atoms with E-state index >= 15 is 0 Å². The summed E-state index contributed by atoms with van der Waals surface area (Å²) in [5.41, 5.74) is 3.25. The minimum atomic E-state index is -0.210. The van der Waals surface area contributed by atoms with Gasteiger partial charge in [0, 0.05) is 37.3 Å². The van der Waals surface area contributed by atoms with E-state index in [2.05, 4.69) is 66.3 Å². The fraction of sp³-hybridized carbons (Fsp3) is 0.545. The molecule has 0 fully saturated rings. The Balaban J connectivity index is 1.65. The molecule has 3 rings (SSSR count). The minimum Gasteiger partial charge on any atom is -0.487 e. The third-order valence-electron chi connectivity index (χ3n) is 4.93. The number of para-hydroxylation sites is 1. The normalized spacial score (nSPS) is 18.3. The molecule has 1 aliphatic heterocycles. The quantitative estimate of drug-likeness (QED) is 0.453. The first kappa shape index (κ1) is 20.2. The van der Waals surface area contributed by atoms with E-state index in [1.54, 1.807) is 0 Å². The Hall–Kier alpha value is -2.50. The van der Waals surface area contributed by atoms with Crippen molar-refractivity contribution in [3.05, 3.63) is 47.3 Å². The van der Waals surface area contributed by atoms with Crippen LogP contribution in [0.3, 0.4) is 0 Å². The van der Waals surface area contributed by atoms with Gasteiger partial charge in [0.2, 0.25) is 0 Å². The first-order chi connectivity index (χ1) is 13.4. The molecule has 2 heterocycles. The Labute approximate surface area is 168 Å². The van der Waals surface area contributed by atoms with Crippen LogP contribution in [0.15, 0.2) is 35.3 Å². The fourth-order valence-electron chi connectivity index (χ4n) is 3.73. The fourth-order valence-corrected chi connectivity index (χ4v) is 3.73. The molecule has 0 amide bonds. The number of aryl methyl sites for hydroxylation is 3. The number of aliphatic imine (C=N–C) groups is 1. The smallest absolute Gasteiger partial charge is 0.191 e. The van der Waals surface area contributed by atoms with Crippen LogP contribution in [0.1, 0.15) is 56.6 Å². The number of fused-ring (bicyclic) bond motifs is 1. The molecule has 152 valence electrons. The van der Waals surface area contributed by atoms with Crippen LogP contribution in [0.4, 0.5) is 0 Å². The van der Waals surface area contributed by atoms with E-state index in [1.807, 2.05) is 19.1 Å². The van der Waals surface area contributed by atoms with E-state index in [9.17, 15) is 0 Å². The number of hydrogen-bond acceptors (Lipinski definition) is 3. The first-order valence-corrected chi connectivity index (χ1v) is 10.2. The van der Waals surface area contributed by atoms with Crippen LogP contribution in [0, 0.1) is 13.8 Å². The molecule has 1 unspecified atom stereocenters. The van der Waals surface area contributed by atoms with Gasteiger partial charge in [-0.25, -0.2) is 0 Å². The Kier molecular flexibility index (Phi) is 6.27. The highest BCUT2D eigenvalue weighted by molar-refractivity contribution is 5.80. The highest BCUT2D eigenvalue weighted by Crippen LogP contribution is 2.39. The van der Waals surface area contributed by atoms with Gasteiger partial charge in [-0.05, 0) is 53.2 Å². The number of guanidine groups is 1. The number of nitrogens with zero attached hydrogens (tertiary/aromatic N) is 3. The van der Waals surface area contributed by atoms with Gasteiger partial charge >= 0.3 is 0 Å². The summed E-state index contributed by atoms with van der Waals surface area (Å²) in [7, 11) is 0. The van der Waals surface area contributed by atoms with E-state index in [4.69, 9.17) is 9.73 Å². The van der Waals surface area contributed by atoms with Crippen molar-refractivity contribution in [2.45, 2.75) is 65.6 Å². The third-order valence-corrected chi connectivity index (χ3v) is 4.93. The van der Waals surface area contributed by atoms with Crippen molar-refractivity contribution in [1.82, 2.24) is 20.4 Å². The topological polar surface area (TPSA) is 63.5 Å². The van der Waals surface area contributed by atoms with Gasteiger partial charge in [0.05, 0.1) is 11.7 Å². The van der Waals surface area contributed by atoms with Crippen molar-refractivity contribution < 1.29 is 4.74 Å². The lowest BCUT2D eigenvalue weighted by molar-refractivity contribution is 0.0694. The molecule has 1 atom stereocenters. The van der Waals surface area contributed by atoms with Crippen LogP contribution in [0.25, 0.3) is 0 Å². The summed E-state index contributed by atoms with van der Waals surface area (Å²) in [5, 5.41) is 11.5. The average Bonchev–Trinajstić information content (AvgIpc) is 2.95. The summed E-state index contributed by atoms with van der Waals surface area (Å²) in [6, 6.07) is 10.6. The predicted molar refractivity (Wildman–Crippen MR) is 114 cm³/mol. The number of ether oxygens (including phenoxy) is 1. The van der Waals surface area contributed by atoms with Crippen LogP contribution >= 0.6 is 0 Å². The van der Waals surface area contributed by atoms with E-state index in [-0.39, 0.29) is 11.6 Å². The Morgan fingerprint density at radius 3 is 2.82 bits per heavy atom. The molecule has 0 aliphatic carbocycles. The SMILES string of the molecule is CCNC(=NCCCn1nc(C)cc1C)NC1CC(C)(C)Oc2ccccc21. The zero-order valence-corrected chi connectivity index (χ0v) is 17.7. The van der Waals surface area contributed by atoms with Crippen LogP contribution in [-0.2, 0) is 6.54 Å². The van der Waals surface area contributed by atoms with E-state index in [1.165, 1.54) is 11.3 Å². The molecule has 1 aliphatic rings. The van der Waals surface area contributed by atoms with Crippen molar-refractivity contribution >= 4 is 5.96 Å². The lowest BCUT2D eigenvalue weighted by Gasteiger charge is -2.38. The van der Waals surface area contributed by atoms with Gasteiger partial charge in [0.1, 0.15) is 11.4 Å². The summed E-state index contributed by atoms with van der Waals surface area (Å²) >= 11 is 0. The summed E-state index contributed by atoms with van der Waals surface area (Å²) in [6.07, 6.45) is 1.84. The second-order valence-electron chi connectivity index (χ2n) is 8.07. The van der Waals surface area contributed by atoms with E-state index < -0.39 is 0 Å². The van der Waals surface area contributed by atoms with Crippen LogP contribution < -0.4 is 15.4 Å². The third kappa shape index (κ3) is 5.06. The van der Waals surface area contributed by atoms with Gasteiger partial charge in [0.25, 0.3) is 0 Å². The summed E-state index contributed by atoms with van der Waals surface area (Å²) in [6.45, 7) is 13.0. The van der Waals surface area contributed by atoms with Gasteiger partial charge in [-0.1, -0.05) is 18.2 Å². The monoisotopic (exact) mass is 383 g/mol. The van der Waals surface area contributed by atoms with Crippen molar-refractivity contribution in [2.24, 2.45) is 4.99 Å². The predicted octanol–water partition coefficient (Wildman–Crippen LogP) is 3.75.